The first kappa shape index (κ1) is 12.9. The minimum absolute atomic E-state index is 0.278. The Hall–Kier alpha value is -2.07. The van der Waals surface area contributed by atoms with Gasteiger partial charge in [0, 0.05) is 11.8 Å². The first-order chi connectivity index (χ1) is 9.58. The van der Waals surface area contributed by atoms with E-state index in [9.17, 15) is 8.78 Å². The highest BCUT2D eigenvalue weighted by Gasteiger charge is 2.15. The average Bonchev–Trinajstić information content (AvgIpc) is 2.42. The Kier molecular flexibility index (Phi) is 3.10. The zero-order valence-electron chi connectivity index (χ0n) is 10.5. The fraction of sp³-hybridized carbons (Fsp3) is 0.0667. The molecule has 0 unspecified atom stereocenters. The van der Waals surface area contributed by atoms with E-state index in [1.807, 2.05) is 0 Å². The van der Waals surface area contributed by atoms with Crippen LogP contribution in [0.25, 0.3) is 22.2 Å². The lowest BCUT2D eigenvalue weighted by Gasteiger charge is -2.10. The zero-order valence-corrected chi connectivity index (χ0v) is 11.2. The van der Waals surface area contributed by atoms with E-state index in [4.69, 9.17) is 11.6 Å². The normalized spacial score (nSPS) is 11.0. The number of halogens is 3. The molecule has 0 atom stereocenters. The molecule has 0 radical (unpaired) electrons. The highest BCUT2D eigenvalue weighted by molar-refractivity contribution is 6.36. The van der Waals surface area contributed by atoms with Crippen LogP contribution in [-0.2, 0) is 0 Å². The zero-order chi connectivity index (χ0) is 14.3. The van der Waals surface area contributed by atoms with E-state index in [0.717, 1.165) is 6.20 Å². The number of aromatic nitrogens is 2. The summed E-state index contributed by atoms with van der Waals surface area (Å²) in [5.74, 6) is -0.883. The van der Waals surface area contributed by atoms with Crippen LogP contribution >= 0.6 is 11.6 Å². The maximum atomic E-state index is 13.8. The third-order valence-corrected chi connectivity index (χ3v) is 3.58. The quantitative estimate of drug-likeness (QED) is 0.658. The predicted octanol–water partition coefficient (Wildman–Crippen LogP) is 4.54. The molecule has 0 spiro atoms. The molecule has 0 bridgehead atoms. The second kappa shape index (κ2) is 4.80. The van der Waals surface area contributed by atoms with Gasteiger partial charge in [-0.3, -0.25) is 4.98 Å². The number of benzene rings is 1. The summed E-state index contributed by atoms with van der Waals surface area (Å²) in [5, 5.41) is 0.562. The molecule has 0 N–H and O–H groups in total. The third kappa shape index (κ3) is 2.02. The molecule has 0 fully saturated rings. The molecular weight excluding hydrogens is 282 g/mol. The molecule has 2 nitrogen and oxygen atoms in total. The summed E-state index contributed by atoms with van der Waals surface area (Å²) in [5.41, 5.74) is 2.03. The molecule has 0 saturated heterocycles. The van der Waals surface area contributed by atoms with Gasteiger partial charge in [-0.1, -0.05) is 17.7 Å². The van der Waals surface area contributed by atoms with Gasteiger partial charge in [-0.05, 0) is 30.7 Å². The van der Waals surface area contributed by atoms with Gasteiger partial charge < -0.3 is 0 Å². The molecule has 0 amide bonds. The van der Waals surface area contributed by atoms with Gasteiger partial charge in [0.25, 0.3) is 0 Å². The maximum absolute atomic E-state index is 13.8. The summed E-state index contributed by atoms with van der Waals surface area (Å²) >= 11 is 6.23. The number of nitrogens with zero attached hydrogens (tertiary/aromatic N) is 2. The largest absolute Gasteiger partial charge is 0.261 e. The first-order valence-corrected chi connectivity index (χ1v) is 6.31. The van der Waals surface area contributed by atoms with Crippen LogP contribution in [0.4, 0.5) is 8.78 Å². The van der Waals surface area contributed by atoms with Crippen LogP contribution in [-0.4, -0.2) is 9.97 Å². The molecule has 1 aromatic carbocycles. The highest BCUT2D eigenvalue weighted by atomic mass is 35.5. The van der Waals surface area contributed by atoms with Crippen LogP contribution in [0.1, 0.15) is 5.56 Å². The molecule has 3 aromatic rings. The van der Waals surface area contributed by atoms with Gasteiger partial charge in [-0.15, -0.1) is 0 Å². The number of hydrogen-bond donors (Lipinski definition) is 0. The standard InChI is InChI=1S/C15H9ClF2N2/c1-8-14(16)13-11(18)3-2-4-12(13)20-15(8)9-5-10(17)7-19-6-9/h2-7H,1H3. The molecule has 0 aliphatic carbocycles. The minimum atomic E-state index is -0.459. The molecular formula is C15H9ClF2N2. The Labute approximate surface area is 119 Å². The van der Waals surface area contributed by atoms with E-state index in [-0.39, 0.29) is 10.4 Å². The van der Waals surface area contributed by atoms with E-state index in [1.165, 1.54) is 18.3 Å². The number of pyridine rings is 2. The van der Waals surface area contributed by atoms with Crippen LogP contribution in [0.3, 0.4) is 0 Å². The molecule has 0 saturated carbocycles. The lowest BCUT2D eigenvalue weighted by molar-refractivity contribution is 0.622. The fourth-order valence-electron chi connectivity index (χ4n) is 2.14. The van der Waals surface area contributed by atoms with Crippen LogP contribution in [0.15, 0.2) is 36.7 Å². The van der Waals surface area contributed by atoms with Gasteiger partial charge in [-0.25, -0.2) is 13.8 Å². The molecule has 2 aromatic heterocycles. The average molecular weight is 291 g/mol. The Morgan fingerprint density at radius 2 is 1.95 bits per heavy atom. The third-order valence-electron chi connectivity index (χ3n) is 3.11. The molecule has 2 heterocycles. The molecule has 20 heavy (non-hydrogen) atoms. The second-order valence-electron chi connectivity index (χ2n) is 4.43. The summed E-state index contributed by atoms with van der Waals surface area (Å²) in [6.45, 7) is 1.72. The monoisotopic (exact) mass is 290 g/mol. The minimum Gasteiger partial charge on any atom is -0.261 e. The topological polar surface area (TPSA) is 25.8 Å². The van der Waals surface area contributed by atoms with Crippen molar-refractivity contribution in [3.05, 3.63) is 58.9 Å². The smallest absolute Gasteiger partial charge is 0.142 e. The van der Waals surface area contributed by atoms with Crippen LogP contribution in [0.2, 0.25) is 5.02 Å². The lowest BCUT2D eigenvalue weighted by Crippen LogP contribution is -1.95. The van der Waals surface area contributed by atoms with Gasteiger partial charge in [-0.2, -0.15) is 0 Å². The Balaban J connectivity index is 2.36. The van der Waals surface area contributed by atoms with Crippen molar-refractivity contribution < 1.29 is 8.78 Å². The number of fused-ring (bicyclic) bond motifs is 1. The Morgan fingerprint density at radius 3 is 2.70 bits per heavy atom. The van der Waals surface area contributed by atoms with E-state index >= 15 is 0 Å². The van der Waals surface area contributed by atoms with Gasteiger partial charge in [0.15, 0.2) is 0 Å². The molecule has 100 valence electrons. The van der Waals surface area contributed by atoms with E-state index in [0.29, 0.717) is 22.3 Å². The van der Waals surface area contributed by atoms with Crippen molar-refractivity contribution in [3.63, 3.8) is 0 Å². The molecule has 3 rings (SSSR count). The van der Waals surface area contributed by atoms with Gasteiger partial charge >= 0.3 is 0 Å². The van der Waals surface area contributed by atoms with Crippen molar-refractivity contribution in [2.45, 2.75) is 6.92 Å². The van der Waals surface area contributed by atoms with Crippen LogP contribution in [0.5, 0.6) is 0 Å². The molecule has 0 aliphatic heterocycles. The summed E-state index contributed by atoms with van der Waals surface area (Å²) in [6.07, 6.45) is 2.61. The highest BCUT2D eigenvalue weighted by Crippen LogP contribution is 2.33. The number of rotatable bonds is 1. The lowest BCUT2D eigenvalue weighted by atomic mass is 10.1. The van der Waals surface area contributed by atoms with Gasteiger partial charge in [0.2, 0.25) is 0 Å². The summed E-state index contributed by atoms with van der Waals surface area (Å²) in [4.78, 5) is 8.17. The molecule has 0 aliphatic rings. The van der Waals surface area contributed by atoms with E-state index < -0.39 is 11.6 Å². The van der Waals surface area contributed by atoms with Gasteiger partial charge in [0.1, 0.15) is 11.6 Å². The SMILES string of the molecule is Cc1c(-c2cncc(F)c2)nc2cccc(F)c2c1Cl. The van der Waals surface area contributed by atoms with E-state index in [2.05, 4.69) is 9.97 Å². The van der Waals surface area contributed by atoms with Crippen molar-refractivity contribution in [1.82, 2.24) is 9.97 Å². The summed E-state index contributed by atoms with van der Waals surface area (Å²) < 4.78 is 27.1. The van der Waals surface area contributed by atoms with Crippen molar-refractivity contribution in [3.8, 4) is 11.3 Å². The molecule has 5 heteroatoms. The fourth-order valence-corrected chi connectivity index (χ4v) is 2.42. The van der Waals surface area contributed by atoms with Crippen molar-refractivity contribution in [2.75, 3.05) is 0 Å². The predicted molar refractivity (Wildman–Crippen MR) is 74.6 cm³/mol. The van der Waals surface area contributed by atoms with Gasteiger partial charge in [0.05, 0.1) is 27.8 Å². The van der Waals surface area contributed by atoms with Crippen molar-refractivity contribution in [1.29, 1.82) is 0 Å². The van der Waals surface area contributed by atoms with Crippen molar-refractivity contribution in [2.24, 2.45) is 0 Å². The Bertz CT molecular complexity index is 818. The van der Waals surface area contributed by atoms with Crippen LogP contribution in [0, 0.1) is 18.6 Å². The summed E-state index contributed by atoms with van der Waals surface area (Å²) in [7, 11) is 0. The second-order valence-corrected chi connectivity index (χ2v) is 4.80. The maximum Gasteiger partial charge on any atom is 0.142 e. The van der Waals surface area contributed by atoms with E-state index in [1.54, 1.807) is 19.1 Å². The Morgan fingerprint density at radius 1 is 1.15 bits per heavy atom. The number of hydrogen-bond acceptors (Lipinski definition) is 2. The summed E-state index contributed by atoms with van der Waals surface area (Å²) in [6, 6.07) is 5.88. The van der Waals surface area contributed by atoms with Crippen LogP contribution < -0.4 is 0 Å². The van der Waals surface area contributed by atoms with Crippen molar-refractivity contribution >= 4 is 22.5 Å². The first-order valence-electron chi connectivity index (χ1n) is 5.93.